The van der Waals surface area contributed by atoms with Crippen LogP contribution in [-0.4, -0.2) is 36.9 Å². The fraction of sp³-hybridized carbons (Fsp3) is 0.450. The molecule has 5 nitrogen and oxygen atoms in total. The third-order valence-electron chi connectivity index (χ3n) is 4.63. The van der Waals surface area contributed by atoms with Gasteiger partial charge in [-0.1, -0.05) is 32.9 Å². The Morgan fingerprint density at radius 1 is 1.15 bits per heavy atom. The topological polar surface area (TPSA) is 68.2 Å². The van der Waals surface area contributed by atoms with Crippen molar-refractivity contribution in [1.29, 1.82) is 0 Å². The van der Waals surface area contributed by atoms with E-state index in [9.17, 15) is 13.2 Å². The van der Waals surface area contributed by atoms with E-state index >= 15 is 0 Å². The molecule has 1 aromatic heterocycles. The third-order valence-corrected chi connectivity index (χ3v) is 6.34. The Kier molecular flexibility index (Phi) is 6.29. The number of nitrogens with one attached hydrogen (secondary N) is 1. The maximum absolute atomic E-state index is 12.5. The van der Waals surface area contributed by atoms with Crippen molar-refractivity contribution >= 4 is 15.7 Å². The van der Waals surface area contributed by atoms with Gasteiger partial charge in [-0.3, -0.25) is 4.79 Å². The summed E-state index contributed by atoms with van der Waals surface area (Å²) in [6.45, 7) is 9.91. The SMILES string of the molecule is CCS(=O)(=O)CCNC(=O)c1cc(C)n(-c2ccc(C(C)C)cc2)c1C. The molecule has 0 unspecified atom stereocenters. The zero-order valence-corrected chi connectivity index (χ0v) is 17.0. The normalized spacial score (nSPS) is 11.8. The average molecular weight is 377 g/mol. The van der Waals surface area contributed by atoms with Crippen LogP contribution in [0.15, 0.2) is 30.3 Å². The van der Waals surface area contributed by atoms with Crippen LogP contribution in [0, 0.1) is 13.8 Å². The van der Waals surface area contributed by atoms with E-state index in [4.69, 9.17) is 0 Å². The van der Waals surface area contributed by atoms with E-state index in [1.54, 1.807) is 6.92 Å². The molecule has 1 amide bonds. The summed E-state index contributed by atoms with van der Waals surface area (Å²) in [5.74, 6) is 0.278. The van der Waals surface area contributed by atoms with E-state index in [1.165, 1.54) is 5.56 Å². The van der Waals surface area contributed by atoms with Gasteiger partial charge in [0.1, 0.15) is 0 Å². The fourth-order valence-electron chi connectivity index (χ4n) is 2.96. The van der Waals surface area contributed by atoms with Crippen LogP contribution in [0.3, 0.4) is 0 Å². The lowest BCUT2D eigenvalue weighted by Gasteiger charge is -2.12. The molecular formula is C20H28N2O3S. The van der Waals surface area contributed by atoms with Gasteiger partial charge in [0.25, 0.3) is 5.91 Å². The molecule has 1 N–H and O–H groups in total. The van der Waals surface area contributed by atoms with Crippen LogP contribution in [0.2, 0.25) is 0 Å². The number of hydrogen-bond donors (Lipinski definition) is 1. The summed E-state index contributed by atoms with van der Waals surface area (Å²) < 4.78 is 25.1. The van der Waals surface area contributed by atoms with Gasteiger partial charge in [-0.05, 0) is 43.5 Å². The standard InChI is InChI=1S/C20H28N2O3S/c1-6-26(24,25)12-11-21-20(23)19-13-15(4)22(16(19)5)18-9-7-17(8-10-18)14(2)3/h7-10,13-14H,6,11-12H2,1-5H3,(H,21,23). The zero-order valence-electron chi connectivity index (χ0n) is 16.2. The quantitative estimate of drug-likeness (QED) is 0.805. The summed E-state index contributed by atoms with van der Waals surface area (Å²) >= 11 is 0. The summed E-state index contributed by atoms with van der Waals surface area (Å²) in [4.78, 5) is 12.5. The molecule has 0 saturated heterocycles. The maximum atomic E-state index is 12.5. The highest BCUT2D eigenvalue weighted by molar-refractivity contribution is 7.91. The molecule has 1 aromatic carbocycles. The van der Waals surface area contributed by atoms with Crippen molar-refractivity contribution in [2.75, 3.05) is 18.1 Å². The summed E-state index contributed by atoms with van der Waals surface area (Å²) in [5, 5.41) is 2.71. The van der Waals surface area contributed by atoms with Crippen LogP contribution in [0.5, 0.6) is 0 Å². The van der Waals surface area contributed by atoms with Gasteiger partial charge < -0.3 is 9.88 Å². The second-order valence-electron chi connectivity index (χ2n) is 6.86. The Morgan fingerprint density at radius 3 is 2.31 bits per heavy atom. The molecule has 26 heavy (non-hydrogen) atoms. The van der Waals surface area contributed by atoms with Crippen LogP contribution >= 0.6 is 0 Å². The molecule has 0 aliphatic rings. The maximum Gasteiger partial charge on any atom is 0.253 e. The predicted molar refractivity (Wildman–Crippen MR) is 106 cm³/mol. The molecule has 0 saturated carbocycles. The first kappa shape index (κ1) is 20.2. The molecule has 0 bridgehead atoms. The second-order valence-corrected chi connectivity index (χ2v) is 9.33. The molecule has 0 aliphatic heterocycles. The number of hydrogen-bond acceptors (Lipinski definition) is 3. The lowest BCUT2D eigenvalue weighted by atomic mass is 10.0. The van der Waals surface area contributed by atoms with Crippen LogP contribution < -0.4 is 5.32 Å². The van der Waals surface area contributed by atoms with Crippen LogP contribution in [0.1, 0.15) is 54.0 Å². The van der Waals surface area contributed by atoms with Crippen molar-refractivity contribution in [3.05, 3.63) is 52.8 Å². The highest BCUT2D eigenvalue weighted by Gasteiger charge is 2.17. The van der Waals surface area contributed by atoms with Gasteiger partial charge in [-0.25, -0.2) is 8.42 Å². The van der Waals surface area contributed by atoms with Crippen molar-refractivity contribution in [3.8, 4) is 5.69 Å². The number of sulfone groups is 1. The van der Waals surface area contributed by atoms with Crippen molar-refractivity contribution in [2.24, 2.45) is 0 Å². The van der Waals surface area contributed by atoms with Crippen molar-refractivity contribution in [1.82, 2.24) is 9.88 Å². The van der Waals surface area contributed by atoms with E-state index in [2.05, 4.69) is 43.4 Å². The molecule has 0 atom stereocenters. The average Bonchev–Trinajstić information content (AvgIpc) is 2.89. The number of aromatic nitrogens is 1. The smallest absolute Gasteiger partial charge is 0.253 e. The molecule has 0 spiro atoms. The summed E-state index contributed by atoms with van der Waals surface area (Å²) in [7, 11) is -3.08. The van der Waals surface area contributed by atoms with E-state index in [0.29, 0.717) is 11.5 Å². The van der Waals surface area contributed by atoms with Gasteiger partial charge in [0, 0.05) is 29.4 Å². The minimum Gasteiger partial charge on any atom is -0.351 e. The van der Waals surface area contributed by atoms with Gasteiger partial charge in [0.2, 0.25) is 0 Å². The van der Waals surface area contributed by atoms with E-state index < -0.39 is 9.84 Å². The molecule has 1 heterocycles. The number of aryl methyl sites for hydroxylation is 1. The number of rotatable bonds is 7. The molecule has 0 aliphatic carbocycles. The Balaban J connectivity index is 2.20. The minimum atomic E-state index is -3.08. The Labute approximate surface area is 156 Å². The number of carbonyl (C=O) groups is 1. The van der Waals surface area contributed by atoms with E-state index in [0.717, 1.165) is 17.1 Å². The van der Waals surface area contributed by atoms with Crippen molar-refractivity contribution in [2.45, 2.75) is 40.5 Å². The lowest BCUT2D eigenvalue weighted by Crippen LogP contribution is -2.29. The lowest BCUT2D eigenvalue weighted by molar-refractivity contribution is 0.0955. The zero-order chi connectivity index (χ0) is 19.5. The molecule has 6 heteroatoms. The van der Waals surface area contributed by atoms with Gasteiger partial charge in [0.05, 0.1) is 11.3 Å². The highest BCUT2D eigenvalue weighted by atomic mass is 32.2. The molecule has 2 aromatic rings. The third kappa shape index (κ3) is 4.55. The van der Waals surface area contributed by atoms with Crippen LogP contribution in [0.4, 0.5) is 0 Å². The summed E-state index contributed by atoms with van der Waals surface area (Å²) in [6, 6.07) is 10.2. The molecule has 0 fully saturated rings. The minimum absolute atomic E-state index is 0.0371. The van der Waals surface area contributed by atoms with Crippen molar-refractivity contribution < 1.29 is 13.2 Å². The van der Waals surface area contributed by atoms with Gasteiger partial charge in [-0.2, -0.15) is 0 Å². The monoisotopic (exact) mass is 376 g/mol. The number of amides is 1. The van der Waals surface area contributed by atoms with E-state index in [1.807, 2.05) is 24.5 Å². The first-order valence-corrected chi connectivity index (χ1v) is 10.8. The second kappa shape index (κ2) is 8.08. The largest absolute Gasteiger partial charge is 0.351 e. The molecule has 142 valence electrons. The van der Waals surface area contributed by atoms with Gasteiger partial charge >= 0.3 is 0 Å². The Morgan fingerprint density at radius 2 is 1.77 bits per heavy atom. The summed E-state index contributed by atoms with van der Waals surface area (Å²) in [6.07, 6.45) is 0. The highest BCUT2D eigenvalue weighted by Crippen LogP contribution is 2.23. The molecular weight excluding hydrogens is 348 g/mol. The van der Waals surface area contributed by atoms with Crippen LogP contribution in [0.25, 0.3) is 5.69 Å². The molecule has 2 rings (SSSR count). The number of nitrogens with zero attached hydrogens (tertiary/aromatic N) is 1. The summed E-state index contributed by atoms with van der Waals surface area (Å²) in [5.41, 5.74) is 4.66. The molecule has 0 radical (unpaired) electrons. The van der Waals surface area contributed by atoms with Gasteiger partial charge in [-0.15, -0.1) is 0 Å². The first-order valence-electron chi connectivity index (χ1n) is 8.94. The number of carbonyl (C=O) groups excluding carboxylic acids is 1. The van der Waals surface area contributed by atoms with E-state index in [-0.39, 0.29) is 24.0 Å². The first-order chi connectivity index (χ1) is 12.2. The van der Waals surface area contributed by atoms with Crippen molar-refractivity contribution in [3.63, 3.8) is 0 Å². The van der Waals surface area contributed by atoms with Crippen LogP contribution in [-0.2, 0) is 9.84 Å². The fourth-order valence-corrected chi connectivity index (χ4v) is 3.66. The van der Waals surface area contributed by atoms with Gasteiger partial charge in [0.15, 0.2) is 9.84 Å². The number of benzene rings is 1. The Bertz CT molecular complexity index is 879. The predicted octanol–water partition coefficient (Wildman–Crippen LogP) is 3.38. The Hall–Kier alpha value is -2.08.